The number of nitrogens with one attached hydrogen (secondary N) is 2. The van der Waals surface area contributed by atoms with Crippen molar-refractivity contribution in [2.24, 2.45) is 0 Å². The fourth-order valence-electron chi connectivity index (χ4n) is 2.78. The van der Waals surface area contributed by atoms with E-state index in [0.29, 0.717) is 49.4 Å². The first-order valence-electron chi connectivity index (χ1n) is 8.40. The van der Waals surface area contributed by atoms with Gasteiger partial charge in [-0.2, -0.15) is 0 Å². The smallest absolute Gasteiger partial charge is 0.324 e. The lowest BCUT2D eigenvalue weighted by molar-refractivity contribution is 0.122. The molecule has 26 heavy (non-hydrogen) atoms. The van der Waals surface area contributed by atoms with Crippen molar-refractivity contribution in [3.8, 4) is 11.5 Å². The van der Waals surface area contributed by atoms with Crippen LogP contribution in [0.1, 0.15) is 0 Å². The van der Waals surface area contributed by atoms with E-state index in [1.165, 1.54) is 6.33 Å². The minimum atomic E-state index is -0.395. The lowest BCUT2D eigenvalue weighted by Gasteiger charge is -2.27. The minimum Gasteiger partial charge on any atom is -0.486 e. The third kappa shape index (κ3) is 3.77. The fourth-order valence-corrected chi connectivity index (χ4v) is 2.78. The quantitative estimate of drug-likeness (QED) is 0.863. The SMILES string of the molecule is O=C(Nc1ccc2c(c1)OCCO2)Nc1cc(N2CCOCC2)ncn1. The van der Waals surface area contributed by atoms with Crippen molar-refractivity contribution >= 4 is 23.4 Å². The molecule has 0 atom stereocenters. The Bertz CT molecular complexity index is 794. The van der Waals surface area contributed by atoms with Crippen molar-refractivity contribution in [1.82, 2.24) is 9.97 Å². The molecule has 2 N–H and O–H groups in total. The van der Waals surface area contributed by atoms with Gasteiger partial charge in [-0.3, -0.25) is 5.32 Å². The molecule has 1 fully saturated rings. The van der Waals surface area contributed by atoms with Crippen LogP contribution in [0.2, 0.25) is 0 Å². The predicted molar refractivity (Wildman–Crippen MR) is 95.1 cm³/mol. The maximum atomic E-state index is 12.2. The Labute approximate surface area is 150 Å². The van der Waals surface area contributed by atoms with Gasteiger partial charge in [-0.05, 0) is 12.1 Å². The molecule has 2 aliphatic rings. The molecule has 1 aromatic heterocycles. The van der Waals surface area contributed by atoms with Crippen LogP contribution in [-0.4, -0.2) is 55.5 Å². The second-order valence-electron chi connectivity index (χ2n) is 5.80. The van der Waals surface area contributed by atoms with Crippen LogP contribution < -0.4 is 25.0 Å². The summed E-state index contributed by atoms with van der Waals surface area (Å²) in [7, 11) is 0. The van der Waals surface area contributed by atoms with Crippen LogP contribution in [0.5, 0.6) is 11.5 Å². The summed E-state index contributed by atoms with van der Waals surface area (Å²) in [4.78, 5) is 22.7. The van der Waals surface area contributed by atoms with Crippen LogP contribution in [0, 0.1) is 0 Å². The molecule has 4 rings (SSSR count). The summed E-state index contributed by atoms with van der Waals surface area (Å²) in [6.07, 6.45) is 1.44. The monoisotopic (exact) mass is 357 g/mol. The Morgan fingerprint density at radius 1 is 0.962 bits per heavy atom. The Balaban J connectivity index is 1.40. The Morgan fingerprint density at radius 2 is 1.77 bits per heavy atom. The number of nitrogens with zero attached hydrogens (tertiary/aromatic N) is 3. The fraction of sp³-hybridized carbons (Fsp3) is 0.353. The van der Waals surface area contributed by atoms with E-state index in [1.807, 2.05) is 0 Å². The number of carbonyl (C=O) groups is 1. The number of aromatic nitrogens is 2. The average Bonchev–Trinajstić information content (AvgIpc) is 2.69. The highest BCUT2D eigenvalue weighted by atomic mass is 16.6. The molecule has 0 aliphatic carbocycles. The zero-order valence-corrected chi connectivity index (χ0v) is 14.1. The normalized spacial score (nSPS) is 16.1. The van der Waals surface area contributed by atoms with Gasteiger partial charge in [-0.1, -0.05) is 0 Å². The van der Waals surface area contributed by atoms with Crippen LogP contribution in [0.15, 0.2) is 30.6 Å². The Kier molecular flexibility index (Phi) is 4.69. The highest BCUT2D eigenvalue weighted by Gasteiger charge is 2.15. The number of urea groups is 1. The Hall–Kier alpha value is -3.07. The lowest BCUT2D eigenvalue weighted by Crippen LogP contribution is -2.36. The number of morpholine rings is 1. The summed E-state index contributed by atoms with van der Waals surface area (Å²) in [5.41, 5.74) is 0.606. The highest BCUT2D eigenvalue weighted by Crippen LogP contribution is 2.32. The maximum Gasteiger partial charge on any atom is 0.324 e. The maximum absolute atomic E-state index is 12.2. The van der Waals surface area contributed by atoms with Crippen molar-refractivity contribution in [2.45, 2.75) is 0 Å². The van der Waals surface area contributed by atoms with Gasteiger partial charge in [0.2, 0.25) is 0 Å². The molecule has 2 aromatic rings. The second-order valence-corrected chi connectivity index (χ2v) is 5.80. The van der Waals surface area contributed by atoms with Crippen molar-refractivity contribution in [2.75, 3.05) is 55.1 Å². The third-order valence-corrected chi connectivity index (χ3v) is 4.03. The Morgan fingerprint density at radius 3 is 2.62 bits per heavy atom. The summed E-state index contributed by atoms with van der Waals surface area (Å²) in [5, 5.41) is 5.48. The van der Waals surface area contributed by atoms with Gasteiger partial charge in [0, 0.05) is 30.9 Å². The van der Waals surface area contributed by atoms with Crippen LogP contribution in [0.3, 0.4) is 0 Å². The molecule has 3 heterocycles. The topological polar surface area (TPSA) is 97.8 Å². The summed E-state index contributed by atoms with van der Waals surface area (Å²) >= 11 is 0. The molecule has 2 aliphatic heterocycles. The van der Waals surface area contributed by atoms with E-state index >= 15 is 0 Å². The largest absolute Gasteiger partial charge is 0.486 e. The number of anilines is 3. The number of benzene rings is 1. The first kappa shape index (κ1) is 16.4. The summed E-state index contributed by atoms with van der Waals surface area (Å²) in [6, 6.07) is 6.60. The molecule has 9 heteroatoms. The number of rotatable bonds is 3. The third-order valence-electron chi connectivity index (χ3n) is 4.03. The highest BCUT2D eigenvalue weighted by molar-refractivity contribution is 5.99. The molecule has 0 bridgehead atoms. The van der Waals surface area contributed by atoms with Gasteiger partial charge in [0.25, 0.3) is 0 Å². The van der Waals surface area contributed by atoms with Gasteiger partial charge in [0.1, 0.15) is 31.2 Å². The van der Waals surface area contributed by atoms with E-state index in [-0.39, 0.29) is 0 Å². The first-order chi connectivity index (χ1) is 12.8. The average molecular weight is 357 g/mol. The number of hydrogen-bond acceptors (Lipinski definition) is 7. The molecular formula is C17H19N5O4. The lowest BCUT2D eigenvalue weighted by atomic mass is 10.2. The molecule has 1 saturated heterocycles. The standard InChI is InChI=1S/C17H19N5O4/c23-17(20-12-1-2-13-14(9-12)26-8-7-25-13)21-15-10-16(19-11-18-15)22-3-5-24-6-4-22/h1-2,9-11H,3-8H2,(H2,18,19,20,21,23). The molecule has 2 amide bonds. The van der Waals surface area contributed by atoms with Crippen molar-refractivity contribution in [3.63, 3.8) is 0 Å². The molecule has 0 unspecified atom stereocenters. The summed E-state index contributed by atoms with van der Waals surface area (Å²) < 4.78 is 16.3. The molecule has 0 saturated carbocycles. The van der Waals surface area contributed by atoms with Crippen molar-refractivity contribution in [1.29, 1.82) is 0 Å². The van der Waals surface area contributed by atoms with E-state index in [1.54, 1.807) is 24.3 Å². The van der Waals surface area contributed by atoms with Gasteiger partial charge in [-0.15, -0.1) is 0 Å². The summed E-state index contributed by atoms with van der Waals surface area (Å²) in [6.45, 7) is 3.88. The van der Waals surface area contributed by atoms with E-state index < -0.39 is 6.03 Å². The van der Waals surface area contributed by atoms with Gasteiger partial charge in [-0.25, -0.2) is 14.8 Å². The predicted octanol–water partition coefficient (Wildman–Crippen LogP) is 1.73. The van der Waals surface area contributed by atoms with Crippen LogP contribution in [0.4, 0.5) is 22.1 Å². The molecular weight excluding hydrogens is 338 g/mol. The number of carbonyl (C=O) groups excluding carboxylic acids is 1. The second kappa shape index (κ2) is 7.44. The van der Waals surface area contributed by atoms with Crippen LogP contribution in [0.25, 0.3) is 0 Å². The first-order valence-corrected chi connectivity index (χ1v) is 8.40. The molecule has 0 radical (unpaired) electrons. The number of amides is 2. The van der Waals surface area contributed by atoms with Crippen molar-refractivity contribution < 1.29 is 19.0 Å². The molecule has 136 valence electrons. The zero-order chi connectivity index (χ0) is 17.8. The van der Waals surface area contributed by atoms with E-state index in [0.717, 1.165) is 18.9 Å². The van der Waals surface area contributed by atoms with E-state index in [2.05, 4.69) is 25.5 Å². The van der Waals surface area contributed by atoms with Crippen LogP contribution in [-0.2, 0) is 4.74 Å². The van der Waals surface area contributed by atoms with Crippen LogP contribution >= 0.6 is 0 Å². The molecule has 1 aromatic carbocycles. The van der Waals surface area contributed by atoms with E-state index in [9.17, 15) is 4.79 Å². The minimum absolute atomic E-state index is 0.395. The molecule has 9 nitrogen and oxygen atoms in total. The number of hydrogen-bond donors (Lipinski definition) is 2. The van der Waals surface area contributed by atoms with E-state index in [4.69, 9.17) is 14.2 Å². The van der Waals surface area contributed by atoms with Gasteiger partial charge in [0.15, 0.2) is 11.5 Å². The number of fused-ring (bicyclic) bond motifs is 1. The summed E-state index contributed by atoms with van der Waals surface area (Å²) in [5.74, 6) is 2.48. The zero-order valence-electron chi connectivity index (χ0n) is 14.1. The van der Waals surface area contributed by atoms with Gasteiger partial charge >= 0.3 is 6.03 Å². The van der Waals surface area contributed by atoms with Gasteiger partial charge in [0.05, 0.1) is 13.2 Å². The van der Waals surface area contributed by atoms with Gasteiger partial charge < -0.3 is 24.4 Å². The molecule has 0 spiro atoms. The van der Waals surface area contributed by atoms with Crippen molar-refractivity contribution in [3.05, 3.63) is 30.6 Å². The number of ether oxygens (including phenoxy) is 3.